The second-order valence-corrected chi connectivity index (χ2v) is 7.13. The first-order valence-corrected chi connectivity index (χ1v) is 8.93. The summed E-state index contributed by atoms with van der Waals surface area (Å²) in [6.45, 7) is 2.54. The van der Waals surface area contributed by atoms with Gasteiger partial charge in [-0.2, -0.15) is 0 Å². The van der Waals surface area contributed by atoms with Gasteiger partial charge < -0.3 is 10.1 Å². The number of urea groups is 1. The highest BCUT2D eigenvalue weighted by molar-refractivity contribution is 8.15. The number of nitrogens with one attached hydrogen (secondary N) is 1. The number of para-hydroxylation sites is 1. The van der Waals surface area contributed by atoms with Crippen molar-refractivity contribution >= 4 is 34.3 Å². The van der Waals surface area contributed by atoms with E-state index in [4.69, 9.17) is 0 Å². The van der Waals surface area contributed by atoms with Crippen LogP contribution in [-0.4, -0.2) is 29.4 Å². The van der Waals surface area contributed by atoms with Gasteiger partial charge in [0.25, 0.3) is 0 Å². The Hall–Kier alpha value is -2.68. The molecule has 0 saturated heterocycles. The van der Waals surface area contributed by atoms with Crippen LogP contribution < -0.4 is 15.0 Å². The zero-order valence-electron chi connectivity index (χ0n) is 14.2. The summed E-state index contributed by atoms with van der Waals surface area (Å²) in [6, 6.07) is 13.5. The largest absolute Gasteiger partial charge is 0.573 e. The molecule has 1 aliphatic heterocycles. The minimum Gasteiger partial charge on any atom is -0.406 e. The van der Waals surface area contributed by atoms with E-state index >= 15 is 0 Å². The lowest BCUT2D eigenvalue weighted by atomic mass is 10.3. The summed E-state index contributed by atoms with van der Waals surface area (Å²) in [5.41, 5.74) is 0.986. The Labute approximate surface area is 158 Å². The molecular formula is C18H16F3N3O2S. The number of amides is 2. The van der Waals surface area contributed by atoms with Gasteiger partial charge in [0.2, 0.25) is 0 Å². The smallest absolute Gasteiger partial charge is 0.406 e. The molecule has 2 aromatic carbocycles. The number of alkyl halides is 3. The molecule has 0 saturated carbocycles. The van der Waals surface area contributed by atoms with Gasteiger partial charge >= 0.3 is 12.4 Å². The number of carbonyl (C=O) groups excluding carboxylic acids is 1. The normalized spacial score (nSPS) is 16.6. The van der Waals surface area contributed by atoms with E-state index in [1.807, 2.05) is 13.0 Å². The number of ether oxygens (including phenoxy) is 1. The molecule has 0 spiro atoms. The third-order valence-electron chi connectivity index (χ3n) is 3.54. The molecule has 1 atom stereocenters. The Morgan fingerprint density at radius 3 is 2.41 bits per heavy atom. The molecule has 0 fully saturated rings. The van der Waals surface area contributed by atoms with E-state index in [0.29, 0.717) is 23.1 Å². The highest BCUT2D eigenvalue weighted by Gasteiger charge is 2.32. The summed E-state index contributed by atoms with van der Waals surface area (Å²) in [6.07, 6.45) is -4.77. The fourth-order valence-electron chi connectivity index (χ4n) is 2.40. The standard InChI is InChI=1S/C18H16F3N3O2S/c1-12-11-22-17(27-12)24(16(25)23-13-5-3-2-4-6-13)14-7-9-15(10-8-14)26-18(19,20)21/h2-10,12H,11H2,1H3,(H,23,25)/t12-/m0/s1. The second kappa shape index (κ2) is 7.91. The summed E-state index contributed by atoms with van der Waals surface area (Å²) in [5, 5.41) is 3.46. The molecule has 27 heavy (non-hydrogen) atoms. The van der Waals surface area contributed by atoms with Crippen LogP contribution in [0.15, 0.2) is 59.6 Å². The topological polar surface area (TPSA) is 53.9 Å². The molecule has 9 heteroatoms. The summed E-state index contributed by atoms with van der Waals surface area (Å²) in [5.74, 6) is -0.357. The molecule has 3 rings (SSSR count). The fraction of sp³-hybridized carbons (Fsp3) is 0.222. The number of nitrogens with zero attached hydrogens (tertiary/aromatic N) is 2. The van der Waals surface area contributed by atoms with Crippen LogP contribution in [0.3, 0.4) is 0 Å². The molecule has 0 aliphatic carbocycles. The monoisotopic (exact) mass is 395 g/mol. The van der Waals surface area contributed by atoms with E-state index < -0.39 is 12.4 Å². The summed E-state index contributed by atoms with van der Waals surface area (Å²) >= 11 is 1.43. The zero-order valence-corrected chi connectivity index (χ0v) is 15.1. The average molecular weight is 395 g/mol. The average Bonchev–Trinajstić information content (AvgIpc) is 3.02. The minimum atomic E-state index is -4.77. The molecule has 0 bridgehead atoms. The summed E-state index contributed by atoms with van der Waals surface area (Å²) in [4.78, 5) is 18.5. The maximum absolute atomic E-state index is 12.8. The first-order chi connectivity index (χ1) is 12.8. The molecule has 142 valence electrons. The Morgan fingerprint density at radius 1 is 1.19 bits per heavy atom. The molecule has 0 unspecified atom stereocenters. The van der Waals surface area contributed by atoms with E-state index in [9.17, 15) is 18.0 Å². The van der Waals surface area contributed by atoms with E-state index in [-0.39, 0.29) is 11.0 Å². The molecule has 1 heterocycles. The van der Waals surface area contributed by atoms with Gasteiger partial charge in [0.15, 0.2) is 5.17 Å². The lowest BCUT2D eigenvalue weighted by Crippen LogP contribution is -2.38. The fourth-order valence-corrected chi connectivity index (χ4v) is 3.35. The maximum Gasteiger partial charge on any atom is 0.573 e. The third-order valence-corrected chi connectivity index (χ3v) is 4.61. The lowest BCUT2D eigenvalue weighted by Gasteiger charge is -2.23. The molecule has 1 N–H and O–H groups in total. The van der Waals surface area contributed by atoms with Crippen LogP contribution in [-0.2, 0) is 0 Å². The molecule has 5 nitrogen and oxygen atoms in total. The van der Waals surface area contributed by atoms with Gasteiger partial charge in [-0.25, -0.2) is 9.69 Å². The quantitative estimate of drug-likeness (QED) is 0.785. The van der Waals surface area contributed by atoms with Crippen LogP contribution in [0.5, 0.6) is 5.75 Å². The maximum atomic E-state index is 12.8. The molecular weight excluding hydrogens is 379 g/mol. The molecule has 2 aromatic rings. The number of benzene rings is 2. The van der Waals surface area contributed by atoms with Crippen molar-refractivity contribution in [2.45, 2.75) is 18.5 Å². The molecule has 0 radical (unpaired) electrons. The second-order valence-electron chi connectivity index (χ2n) is 5.73. The highest BCUT2D eigenvalue weighted by Crippen LogP contribution is 2.30. The number of aliphatic imine (C=N–C) groups is 1. The van der Waals surface area contributed by atoms with Gasteiger partial charge in [-0.05, 0) is 36.4 Å². The van der Waals surface area contributed by atoms with Crippen LogP contribution in [0, 0.1) is 0 Å². The Bertz CT molecular complexity index is 826. The number of thioether (sulfide) groups is 1. The van der Waals surface area contributed by atoms with E-state index in [1.165, 1.54) is 28.8 Å². The number of hydrogen-bond acceptors (Lipinski definition) is 4. The van der Waals surface area contributed by atoms with Crippen LogP contribution in [0.25, 0.3) is 0 Å². The van der Waals surface area contributed by atoms with Crippen molar-refractivity contribution in [2.24, 2.45) is 4.99 Å². The predicted octanol–water partition coefficient (Wildman–Crippen LogP) is 5.12. The number of amidine groups is 1. The van der Waals surface area contributed by atoms with Crippen LogP contribution in [0.1, 0.15) is 6.92 Å². The van der Waals surface area contributed by atoms with Crippen LogP contribution >= 0.6 is 11.8 Å². The van der Waals surface area contributed by atoms with Gasteiger partial charge in [-0.15, -0.1) is 13.2 Å². The van der Waals surface area contributed by atoms with Gasteiger partial charge in [-0.3, -0.25) is 4.99 Å². The van der Waals surface area contributed by atoms with Crippen LogP contribution in [0.2, 0.25) is 0 Å². The Morgan fingerprint density at radius 2 is 1.85 bits per heavy atom. The Balaban J connectivity index is 1.85. The van der Waals surface area contributed by atoms with E-state index in [1.54, 1.807) is 24.3 Å². The minimum absolute atomic E-state index is 0.208. The van der Waals surface area contributed by atoms with Crippen molar-refractivity contribution in [1.29, 1.82) is 0 Å². The van der Waals surface area contributed by atoms with Crippen molar-refractivity contribution in [3.05, 3.63) is 54.6 Å². The highest BCUT2D eigenvalue weighted by atomic mass is 32.2. The van der Waals surface area contributed by atoms with Crippen molar-refractivity contribution in [3.63, 3.8) is 0 Å². The van der Waals surface area contributed by atoms with E-state index in [2.05, 4.69) is 15.0 Å². The Kier molecular flexibility index (Phi) is 5.59. The van der Waals surface area contributed by atoms with Crippen molar-refractivity contribution in [2.75, 3.05) is 16.8 Å². The lowest BCUT2D eigenvalue weighted by molar-refractivity contribution is -0.274. The number of anilines is 2. The first-order valence-electron chi connectivity index (χ1n) is 8.05. The number of hydrogen-bond donors (Lipinski definition) is 1. The van der Waals surface area contributed by atoms with Crippen LogP contribution in [0.4, 0.5) is 29.3 Å². The number of halogens is 3. The van der Waals surface area contributed by atoms with Crippen molar-refractivity contribution in [3.8, 4) is 5.75 Å². The third kappa shape index (κ3) is 5.16. The molecule has 2 amide bonds. The van der Waals surface area contributed by atoms with E-state index in [0.717, 1.165) is 12.1 Å². The van der Waals surface area contributed by atoms with Gasteiger partial charge in [-0.1, -0.05) is 36.9 Å². The van der Waals surface area contributed by atoms with Crippen molar-refractivity contribution < 1.29 is 22.7 Å². The molecule has 1 aliphatic rings. The SMILES string of the molecule is C[C@H]1CN=C(N(C(=O)Nc2ccccc2)c2ccc(OC(F)(F)F)cc2)S1. The zero-order chi connectivity index (χ0) is 19.4. The summed E-state index contributed by atoms with van der Waals surface area (Å²) in [7, 11) is 0. The molecule has 0 aromatic heterocycles. The number of carbonyl (C=O) groups is 1. The first kappa shape index (κ1) is 19.1. The predicted molar refractivity (Wildman–Crippen MR) is 100 cm³/mol. The number of rotatable bonds is 3. The van der Waals surface area contributed by atoms with Gasteiger partial charge in [0.05, 0.1) is 12.2 Å². The van der Waals surface area contributed by atoms with Crippen molar-refractivity contribution in [1.82, 2.24) is 0 Å². The summed E-state index contributed by atoms with van der Waals surface area (Å²) < 4.78 is 40.9. The van der Waals surface area contributed by atoms with Gasteiger partial charge in [0, 0.05) is 10.9 Å². The van der Waals surface area contributed by atoms with Gasteiger partial charge in [0.1, 0.15) is 5.75 Å².